The van der Waals surface area contributed by atoms with Crippen LogP contribution in [0.1, 0.15) is 86.0 Å². The molecular formula is C55H92O27. The first-order chi connectivity index (χ1) is 38.6. The van der Waals surface area contributed by atoms with Crippen molar-refractivity contribution in [3.05, 3.63) is 12.2 Å². The van der Waals surface area contributed by atoms with Gasteiger partial charge >= 0.3 is 5.97 Å². The van der Waals surface area contributed by atoms with Crippen LogP contribution < -0.4 is 0 Å². The Bertz CT molecular complexity index is 2110. The third kappa shape index (κ3) is 12.2. The zero-order valence-electron chi connectivity index (χ0n) is 47.3. The molecule has 8 rings (SSSR count). The summed E-state index contributed by atoms with van der Waals surface area (Å²) < 4.78 is 60.0. The Labute approximate surface area is 476 Å². The topological polar surface area (TPSA) is 433 Å². The van der Waals surface area contributed by atoms with Crippen molar-refractivity contribution in [3.8, 4) is 0 Å². The highest BCUT2D eigenvalue weighted by atomic mass is 16.8. The lowest BCUT2D eigenvalue weighted by molar-refractivity contribution is -0.364. The molecule has 5 saturated heterocycles. The van der Waals surface area contributed by atoms with Gasteiger partial charge < -0.3 is 129 Å². The van der Waals surface area contributed by atoms with Gasteiger partial charge in [-0.25, -0.2) is 0 Å². The molecule has 8 fully saturated rings. The van der Waals surface area contributed by atoms with Crippen molar-refractivity contribution >= 4 is 5.97 Å². The SMILES string of the molecule is C=C1CC2CCC3(C)[C@](C)(C(=O)O[C@@H]4OC(CO)[C@@H](O)C(O)C4O[C@@H]4OC(CO)[C@@H](O)C(O)[C@@H]4O)CCC[C@@]3(C)[C@@H]2CC[C@@]1(C)COC[C@@H]1OC(C)[C@@H](O)C(COC[C@@H]2OC(CO)[C@@H](O)C(O)[C@@H]2O)[C@@H]1O[C@@H]1OC(CO)[C@@H](O)C(O)C1O. The van der Waals surface area contributed by atoms with Crippen molar-refractivity contribution in [2.45, 2.75) is 233 Å². The molecule has 3 aliphatic carbocycles. The summed E-state index contributed by atoms with van der Waals surface area (Å²) in [7, 11) is 0. The summed E-state index contributed by atoms with van der Waals surface area (Å²) in [6.07, 6.45) is -32.0. The highest BCUT2D eigenvalue weighted by Crippen LogP contribution is 2.71. The molecule has 0 radical (unpaired) electrons. The molecule has 16 N–H and O–H groups in total. The van der Waals surface area contributed by atoms with Crippen LogP contribution in [0.25, 0.3) is 0 Å². The lowest BCUT2D eigenvalue weighted by Gasteiger charge is -2.66. The van der Waals surface area contributed by atoms with Crippen LogP contribution in [-0.2, 0) is 52.2 Å². The second-order valence-electron chi connectivity index (χ2n) is 25.4. The highest BCUT2D eigenvalue weighted by molar-refractivity contribution is 5.78. The van der Waals surface area contributed by atoms with Gasteiger partial charge in [-0.2, -0.15) is 0 Å². The Morgan fingerprint density at radius 1 is 0.524 bits per heavy atom. The number of aliphatic hydroxyl groups is 16. The van der Waals surface area contributed by atoms with E-state index in [9.17, 15) is 81.7 Å². The number of aliphatic hydroxyl groups excluding tert-OH is 16. The van der Waals surface area contributed by atoms with Gasteiger partial charge in [0.05, 0.1) is 76.6 Å². The number of esters is 1. The number of hydrogen-bond donors (Lipinski definition) is 16. The quantitative estimate of drug-likeness (QED) is 0.0451. The van der Waals surface area contributed by atoms with Gasteiger partial charge in [-0.3, -0.25) is 4.79 Å². The minimum absolute atomic E-state index is 0.0743. The van der Waals surface area contributed by atoms with Gasteiger partial charge in [0, 0.05) is 11.3 Å². The fourth-order valence-electron chi connectivity index (χ4n) is 14.9. The van der Waals surface area contributed by atoms with E-state index in [1.165, 1.54) is 0 Å². The molecule has 5 heterocycles. The van der Waals surface area contributed by atoms with Gasteiger partial charge in [0.2, 0.25) is 6.29 Å². The first kappa shape index (κ1) is 66.2. The van der Waals surface area contributed by atoms with E-state index in [1.54, 1.807) is 6.92 Å². The maximum Gasteiger partial charge on any atom is 0.314 e. The molecule has 8 aliphatic rings. The molecule has 0 amide bonds. The van der Waals surface area contributed by atoms with Crippen molar-refractivity contribution in [3.63, 3.8) is 0 Å². The van der Waals surface area contributed by atoms with Gasteiger partial charge in [0.15, 0.2) is 18.7 Å². The Morgan fingerprint density at radius 3 is 1.60 bits per heavy atom. The van der Waals surface area contributed by atoms with Gasteiger partial charge in [-0.1, -0.05) is 39.3 Å². The molecule has 31 atom stereocenters. The van der Waals surface area contributed by atoms with Crippen LogP contribution in [0.15, 0.2) is 12.2 Å². The van der Waals surface area contributed by atoms with Crippen LogP contribution in [0.3, 0.4) is 0 Å². The first-order valence-corrected chi connectivity index (χ1v) is 28.9. The summed E-state index contributed by atoms with van der Waals surface area (Å²) in [5.74, 6) is -1.44. The molecule has 14 unspecified atom stereocenters. The Hall–Kier alpha value is -1.79. The number of ether oxygens (including phenoxy) is 10. The average Bonchev–Trinajstić information content (AvgIpc) is 3.75. The van der Waals surface area contributed by atoms with Crippen molar-refractivity contribution in [2.75, 3.05) is 52.9 Å². The van der Waals surface area contributed by atoms with Gasteiger partial charge in [0.1, 0.15) is 104 Å². The average molecular weight is 1190 g/mol. The molecule has 5 aliphatic heterocycles. The summed E-state index contributed by atoms with van der Waals surface area (Å²) in [5, 5.41) is 169. The van der Waals surface area contributed by atoms with E-state index >= 15 is 4.79 Å². The maximum absolute atomic E-state index is 15.0. The molecule has 27 heteroatoms. The van der Waals surface area contributed by atoms with Crippen LogP contribution in [0.4, 0.5) is 0 Å². The fraction of sp³-hybridized carbons (Fsp3) is 0.945. The van der Waals surface area contributed by atoms with Crippen molar-refractivity contribution < 1.29 is 134 Å². The second-order valence-corrected chi connectivity index (χ2v) is 25.4. The largest absolute Gasteiger partial charge is 0.432 e. The van der Waals surface area contributed by atoms with E-state index in [-0.39, 0.29) is 38.3 Å². The predicted octanol–water partition coefficient (Wildman–Crippen LogP) is -5.05. The number of fused-ring (bicyclic) bond motifs is 3. The molecule has 0 spiro atoms. The van der Waals surface area contributed by atoms with E-state index in [0.717, 1.165) is 18.4 Å². The van der Waals surface area contributed by atoms with Crippen molar-refractivity contribution in [1.29, 1.82) is 0 Å². The number of rotatable bonds is 18. The minimum atomic E-state index is -1.91. The standard InChI is InChI=1S/C55H92O27/c1-23-14-25-8-13-55(6)53(4,10-7-11-54(55,5)51(72)82-50-47(43(69)38(64)31(18-59)79-50)81-49-45(71)42(68)37(63)30(17-58)78-49)27(25)9-12-52(23,3)22-74-21-33-46(80-48-44(70)41(67)36(62)29(16-57)77-48)26(34(60)24(2)75-33)19-73-20-32-39(65)40(66)35(61)28(15-56)76-32/h24-50,56-71H,1,7-22H2,2-6H3/t24?,25?,26?,27-,28?,29?,30?,31?,32+,33+,34-,35-,36-,37-,38-,39-,40?,41?,42?,43?,44?,45+,46+,47?,48+,49+,50+,52+,53+,54+,55?/m1/s1. The zero-order valence-corrected chi connectivity index (χ0v) is 47.3. The molecule has 3 saturated carbocycles. The summed E-state index contributed by atoms with van der Waals surface area (Å²) in [6, 6.07) is 0. The molecule has 0 aromatic heterocycles. The molecule has 27 nitrogen and oxygen atoms in total. The van der Waals surface area contributed by atoms with Gasteiger partial charge in [-0.15, -0.1) is 0 Å². The summed E-state index contributed by atoms with van der Waals surface area (Å²) in [4.78, 5) is 15.0. The van der Waals surface area contributed by atoms with E-state index in [1.807, 2.05) is 6.92 Å². The first-order valence-electron chi connectivity index (χ1n) is 28.9. The summed E-state index contributed by atoms with van der Waals surface area (Å²) in [5.41, 5.74) is -1.98. The monoisotopic (exact) mass is 1180 g/mol. The van der Waals surface area contributed by atoms with Crippen molar-refractivity contribution in [1.82, 2.24) is 0 Å². The number of carbonyl (C=O) groups excluding carboxylic acids is 1. The lowest BCUT2D eigenvalue weighted by atomic mass is 9.38. The van der Waals surface area contributed by atoms with Crippen LogP contribution in [0.5, 0.6) is 0 Å². The zero-order chi connectivity index (χ0) is 60.1. The molecule has 0 aromatic carbocycles. The third-order valence-electron chi connectivity index (χ3n) is 20.8. The summed E-state index contributed by atoms with van der Waals surface area (Å²) >= 11 is 0. The predicted molar refractivity (Wildman–Crippen MR) is 276 cm³/mol. The van der Waals surface area contributed by atoms with Crippen LogP contribution >= 0.6 is 0 Å². The lowest BCUT2D eigenvalue weighted by Crippen LogP contribution is -2.66. The minimum Gasteiger partial charge on any atom is -0.432 e. The summed E-state index contributed by atoms with van der Waals surface area (Å²) in [6.45, 7) is 10.8. The number of hydrogen-bond acceptors (Lipinski definition) is 27. The molecule has 0 bridgehead atoms. The van der Waals surface area contributed by atoms with E-state index < -0.39 is 207 Å². The van der Waals surface area contributed by atoms with Gasteiger partial charge in [-0.05, 0) is 81.5 Å². The Kier molecular flexibility index (Phi) is 21.4. The van der Waals surface area contributed by atoms with E-state index in [4.69, 9.17) is 47.4 Å². The van der Waals surface area contributed by atoms with Crippen molar-refractivity contribution in [2.24, 2.45) is 39.4 Å². The van der Waals surface area contributed by atoms with Crippen LogP contribution in [0.2, 0.25) is 0 Å². The molecule has 0 aromatic rings. The van der Waals surface area contributed by atoms with Crippen LogP contribution in [0, 0.1) is 39.4 Å². The molecule has 474 valence electrons. The molecule has 82 heavy (non-hydrogen) atoms. The smallest absolute Gasteiger partial charge is 0.314 e. The number of carbonyl (C=O) groups is 1. The van der Waals surface area contributed by atoms with Gasteiger partial charge in [0.25, 0.3) is 0 Å². The van der Waals surface area contributed by atoms with E-state index in [0.29, 0.717) is 38.5 Å². The van der Waals surface area contributed by atoms with Crippen LogP contribution in [-0.4, -0.2) is 288 Å². The Balaban J connectivity index is 0.967. The molecular weight excluding hydrogens is 1090 g/mol. The fourth-order valence-corrected chi connectivity index (χ4v) is 14.9. The second kappa shape index (κ2) is 26.5. The highest BCUT2D eigenvalue weighted by Gasteiger charge is 2.67. The maximum atomic E-state index is 15.0. The third-order valence-corrected chi connectivity index (χ3v) is 20.8. The van der Waals surface area contributed by atoms with E-state index in [2.05, 4.69) is 27.4 Å². The normalized spacial score (nSPS) is 52.1. The Morgan fingerprint density at radius 2 is 1.02 bits per heavy atom.